The van der Waals surface area contributed by atoms with Gasteiger partial charge < -0.3 is 9.47 Å². The van der Waals surface area contributed by atoms with Crippen LogP contribution in [0.1, 0.15) is 38.3 Å². The van der Waals surface area contributed by atoms with Crippen molar-refractivity contribution in [2.75, 3.05) is 13.2 Å². The van der Waals surface area contributed by atoms with E-state index >= 15 is 0 Å². The van der Waals surface area contributed by atoms with E-state index in [0.29, 0.717) is 25.2 Å². The maximum absolute atomic E-state index is 14.2. The van der Waals surface area contributed by atoms with Crippen molar-refractivity contribution in [3.05, 3.63) is 41.2 Å². The first-order chi connectivity index (χ1) is 11.2. The van der Waals surface area contributed by atoms with Crippen molar-refractivity contribution in [1.29, 1.82) is 0 Å². The first kappa shape index (κ1) is 17.0. The van der Waals surface area contributed by atoms with Crippen molar-refractivity contribution in [1.82, 2.24) is 4.90 Å². The number of morpholine rings is 1. The van der Waals surface area contributed by atoms with Gasteiger partial charge in [-0.25, -0.2) is 9.18 Å². The third-order valence-electron chi connectivity index (χ3n) is 4.27. The molecule has 2 atom stereocenters. The summed E-state index contributed by atoms with van der Waals surface area (Å²) in [6.45, 7) is 8.36. The minimum Gasteiger partial charge on any atom is -0.444 e. The Labute approximate surface area is 142 Å². The third-order valence-corrected chi connectivity index (χ3v) is 4.27. The number of carbonyl (C=O) groups excluding carboxylic acids is 1. The molecule has 2 aliphatic heterocycles. The van der Waals surface area contributed by atoms with Gasteiger partial charge in [-0.05, 0) is 51.8 Å². The average molecular weight is 333 g/mol. The SMILES string of the molecule is Cc1ccc(F)c(C2=CC3COCC(C2)N3C(=O)OC(C)(C)C)c1. The van der Waals surface area contributed by atoms with Crippen LogP contribution in [-0.2, 0) is 9.47 Å². The lowest BCUT2D eigenvalue weighted by Crippen LogP contribution is -2.57. The van der Waals surface area contributed by atoms with Crippen LogP contribution in [0, 0.1) is 12.7 Å². The normalized spacial score (nSPS) is 23.7. The van der Waals surface area contributed by atoms with Crippen LogP contribution in [0.5, 0.6) is 0 Å². The van der Waals surface area contributed by atoms with Crippen LogP contribution in [0.4, 0.5) is 9.18 Å². The van der Waals surface area contributed by atoms with E-state index < -0.39 is 5.60 Å². The molecule has 2 heterocycles. The summed E-state index contributed by atoms with van der Waals surface area (Å²) in [5, 5.41) is 0. The second kappa shape index (κ2) is 6.20. The van der Waals surface area contributed by atoms with Crippen molar-refractivity contribution in [3.8, 4) is 0 Å². The molecule has 0 aromatic heterocycles. The van der Waals surface area contributed by atoms with E-state index in [1.54, 1.807) is 11.0 Å². The summed E-state index contributed by atoms with van der Waals surface area (Å²) in [7, 11) is 0. The Kier molecular flexibility index (Phi) is 4.38. The predicted molar refractivity (Wildman–Crippen MR) is 90.2 cm³/mol. The highest BCUT2D eigenvalue weighted by molar-refractivity contribution is 5.75. The van der Waals surface area contributed by atoms with Crippen LogP contribution >= 0.6 is 0 Å². The van der Waals surface area contributed by atoms with Crippen LogP contribution in [0.15, 0.2) is 24.3 Å². The molecule has 0 aliphatic carbocycles. The zero-order chi connectivity index (χ0) is 17.5. The first-order valence-electron chi connectivity index (χ1n) is 8.31. The van der Waals surface area contributed by atoms with E-state index in [1.807, 2.05) is 39.8 Å². The molecule has 5 heteroatoms. The second-order valence-corrected chi connectivity index (χ2v) is 7.53. The molecule has 2 aliphatic rings. The van der Waals surface area contributed by atoms with E-state index in [1.165, 1.54) is 6.07 Å². The fraction of sp³-hybridized carbons (Fsp3) is 0.526. The Morgan fingerprint density at radius 3 is 2.75 bits per heavy atom. The van der Waals surface area contributed by atoms with Crippen molar-refractivity contribution in [2.45, 2.75) is 51.8 Å². The number of rotatable bonds is 1. The zero-order valence-electron chi connectivity index (χ0n) is 14.6. The van der Waals surface area contributed by atoms with Gasteiger partial charge in [-0.2, -0.15) is 0 Å². The maximum atomic E-state index is 14.2. The highest BCUT2D eigenvalue weighted by Gasteiger charge is 2.40. The first-order valence-corrected chi connectivity index (χ1v) is 8.31. The Morgan fingerprint density at radius 1 is 1.33 bits per heavy atom. The van der Waals surface area contributed by atoms with Crippen molar-refractivity contribution in [2.24, 2.45) is 0 Å². The molecule has 1 fully saturated rings. The number of ether oxygens (including phenoxy) is 2. The molecule has 1 aromatic carbocycles. The Hall–Kier alpha value is -1.88. The average Bonchev–Trinajstić information content (AvgIpc) is 2.46. The summed E-state index contributed by atoms with van der Waals surface area (Å²) in [5.41, 5.74) is 2.03. The molecule has 0 spiro atoms. The number of carbonyl (C=O) groups is 1. The third kappa shape index (κ3) is 3.46. The van der Waals surface area contributed by atoms with Crippen LogP contribution < -0.4 is 0 Å². The van der Waals surface area contributed by atoms with Gasteiger partial charge in [-0.3, -0.25) is 4.90 Å². The van der Waals surface area contributed by atoms with Crippen LogP contribution in [-0.4, -0.2) is 41.9 Å². The van der Waals surface area contributed by atoms with Gasteiger partial charge in [-0.15, -0.1) is 0 Å². The van der Waals surface area contributed by atoms with Crippen molar-refractivity contribution < 1.29 is 18.7 Å². The van der Waals surface area contributed by atoms with Gasteiger partial charge in [0, 0.05) is 5.56 Å². The van der Waals surface area contributed by atoms with Gasteiger partial charge in [-0.1, -0.05) is 17.7 Å². The van der Waals surface area contributed by atoms with Gasteiger partial charge in [0.2, 0.25) is 0 Å². The van der Waals surface area contributed by atoms with E-state index in [4.69, 9.17) is 9.47 Å². The fourth-order valence-corrected chi connectivity index (χ4v) is 3.28. The molecule has 130 valence electrons. The Bertz CT molecular complexity index is 678. The lowest BCUT2D eigenvalue weighted by molar-refractivity contribution is -0.0510. The van der Waals surface area contributed by atoms with Crippen LogP contribution in [0.3, 0.4) is 0 Å². The molecule has 2 unspecified atom stereocenters. The number of nitrogens with zero attached hydrogens (tertiary/aromatic N) is 1. The summed E-state index contributed by atoms with van der Waals surface area (Å²) >= 11 is 0. The van der Waals surface area contributed by atoms with Gasteiger partial charge in [0.05, 0.1) is 25.3 Å². The highest BCUT2D eigenvalue weighted by atomic mass is 19.1. The molecular formula is C19H24FNO3. The van der Waals surface area contributed by atoms with E-state index in [2.05, 4.69) is 0 Å². The van der Waals surface area contributed by atoms with Gasteiger partial charge in [0.25, 0.3) is 0 Å². The lowest BCUT2D eigenvalue weighted by Gasteiger charge is -2.44. The van der Waals surface area contributed by atoms with Crippen molar-refractivity contribution >= 4 is 11.7 Å². The molecule has 1 amide bonds. The molecule has 2 bridgehead atoms. The largest absolute Gasteiger partial charge is 0.444 e. The summed E-state index contributed by atoms with van der Waals surface area (Å²) in [6.07, 6.45) is 2.17. The standard InChI is InChI=1S/C19H24FNO3/c1-12-5-6-17(20)16(7-12)13-8-14-10-23-11-15(9-13)21(14)18(22)24-19(2,3)4/h5-8,14-15H,9-11H2,1-4H3. The summed E-state index contributed by atoms with van der Waals surface area (Å²) < 4.78 is 25.4. The molecule has 1 saturated heterocycles. The molecule has 4 nitrogen and oxygen atoms in total. The summed E-state index contributed by atoms with van der Waals surface area (Å²) in [4.78, 5) is 14.3. The van der Waals surface area contributed by atoms with Gasteiger partial charge in [0.15, 0.2) is 0 Å². The van der Waals surface area contributed by atoms with E-state index in [9.17, 15) is 9.18 Å². The monoisotopic (exact) mass is 333 g/mol. The quantitative estimate of drug-likeness (QED) is 0.782. The number of aryl methyl sites for hydroxylation is 1. The number of hydrogen-bond donors (Lipinski definition) is 0. The number of fused-ring (bicyclic) bond motifs is 2. The van der Waals surface area contributed by atoms with Crippen LogP contribution in [0.25, 0.3) is 5.57 Å². The molecule has 0 N–H and O–H groups in total. The number of halogens is 1. The van der Waals surface area contributed by atoms with Gasteiger partial charge >= 0.3 is 6.09 Å². The fourth-order valence-electron chi connectivity index (χ4n) is 3.28. The number of hydrogen-bond acceptors (Lipinski definition) is 3. The molecular weight excluding hydrogens is 309 g/mol. The predicted octanol–water partition coefficient (Wildman–Crippen LogP) is 3.93. The topological polar surface area (TPSA) is 38.8 Å². The number of benzene rings is 1. The van der Waals surface area contributed by atoms with Crippen LogP contribution in [0.2, 0.25) is 0 Å². The minimum absolute atomic E-state index is 0.126. The Balaban J connectivity index is 1.90. The Morgan fingerprint density at radius 2 is 2.08 bits per heavy atom. The number of amides is 1. The van der Waals surface area contributed by atoms with E-state index in [0.717, 1.165) is 11.1 Å². The zero-order valence-corrected chi connectivity index (χ0v) is 14.6. The molecule has 3 rings (SSSR count). The molecule has 0 radical (unpaired) electrons. The van der Waals surface area contributed by atoms with E-state index in [-0.39, 0.29) is 24.0 Å². The smallest absolute Gasteiger partial charge is 0.411 e. The maximum Gasteiger partial charge on any atom is 0.411 e. The summed E-state index contributed by atoms with van der Waals surface area (Å²) in [5.74, 6) is -0.225. The lowest BCUT2D eigenvalue weighted by atomic mass is 9.89. The molecule has 24 heavy (non-hydrogen) atoms. The second-order valence-electron chi connectivity index (χ2n) is 7.53. The minimum atomic E-state index is -0.543. The molecule has 0 saturated carbocycles. The summed E-state index contributed by atoms with van der Waals surface area (Å²) in [6, 6.07) is 4.78. The molecule has 1 aromatic rings. The highest BCUT2D eigenvalue weighted by Crippen LogP contribution is 2.34. The van der Waals surface area contributed by atoms with Crippen molar-refractivity contribution in [3.63, 3.8) is 0 Å². The van der Waals surface area contributed by atoms with Gasteiger partial charge in [0.1, 0.15) is 11.4 Å².